The summed E-state index contributed by atoms with van der Waals surface area (Å²) in [5.74, 6) is -1.46. The Labute approximate surface area is 104 Å². The Bertz CT molecular complexity index is 524. The molecule has 18 heavy (non-hydrogen) atoms. The first-order valence-corrected chi connectivity index (χ1v) is 5.66. The zero-order valence-corrected chi connectivity index (χ0v) is 10.1. The van der Waals surface area contributed by atoms with E-state index < -0.39 is 11.9 Å². The standard InChI is InChI=1S/C12H13NO5/c1-3-7-10(16)12-11(6(2)13-7)17-8(14)4-5-9(15)18-12/h16H,3-5H2,1-2H3. The second-order valence-corrected chi connectivity index (χ2v) is 3.95. The Balaban J connectivity index is 2.60. The van der Waals surface area contributed by atoms with Crippen molar-refractivity contribution in [2.24, 2.45) is 0 Å². The molecule has 0 bridgehead atoms. The maximum atomic E-state index is 11.4. The van der Waals surface area contributed by atoms with Crippen molar-refractivity contribution in [3.63, 3.8) is 0 Å². The van der Waals surface area contributed by atoms with E-state index >= 15 is 0 Å². The van der Waals surface area contributed by atoms with Crippen LogP contribution in [0.5, 0.6) is 17.2 Å². The van der Waals surface area contributed by atoms with Crippen molar-refractivity contribution >= 4 is 11.9 Å². The van der Waals surface area contributed by atoms with E-state index in [1.807, 2.05) is 6.92 Å². The molecule has 0 saturated carbocycles. The summed E-state index contributed by atoms with van der Waals surface area (Å²) in [6, 6.07) is 0. The van der Waals surface area contributed by atoms with Gasteiger partial charge in [0.2, 0.25) is 5.75 Å². The molecule has 6 heteroatoms. The Morgan fingerprint density at radius 3 is 2.28 bits per heavy atom. The average molecular weight is 251 g/mol. The Morgan fingerprint density at radius 1 is 1.17 bits per heavy atom. The van der Waals surface area contributed by atoms with Gasteiger partial charge in [-0.2, -0.15) is 0 Å². The van der Waals surface area contributed by atoms with Crippen LogP contribution in [0.3, 0.4) is 0 Å². The number of pyridine rings is 1. The molecule has 6 nitrogen and oxygen atoms in total. The lowest BCUT2D eigenvalue weighted by Crippen LogP contribution is -2.19. The molecule has 0 saturated heterocycles. The van der Waals surface area contributed by atoms with Crippen LogP contribution in [0.15, 0.2) is 0 Å². The first-order chi connectivity index (χ1) is 8.52. The number of esters is 2. The van der Waals surface area contributed by atoms with E-state index in [2.05, 4.69) is 4.98 Å². The molecule has 0 atom stereocenters. The van der Waals surface area contributed by atoms with Gasteiger partial charge in [0, 0.05) is 0 Å². The van der Waals surface area contributed by atoms with Crippen molar-refractivity contribution in [1.29, 1.82) is 0 Å². The number of aryl methyl sites for hydroxylation is 2. The van der Waals surface area contributed by atoms with Crippen LogP contribution in [0.25, 0.3) is 0 Å². The molecule has 0 spiro atoms. The Morgan fingerprint density at radius 2 is 1.72 bits per heavy atom. The van der Waals surface area contributed by atoms with Crippen molar-refractivity contribution in [1.82, 2.24) is 4.98 Å². The van der Waals surface area contributed by atoms with Gasteiger partial charge >= 0.3 is 11.9 Å². The van der Waals surface area contributed by atoms with Crippen LogP contribution in [0, 0.1) is 6.92 Å². The lowest BCUT2D eigenvalue weighted by atomic mass is 10.2. The SMILES string of the molecule is CCc1nc(C)c2c(c1O)OC(=O)CCC(=O)O2. The summed E-state index contributed by atoms with van der Waals surface area (Å²) in [5.41, 5.74) is 0.804. The van der Waals surface area contributed by atoms with Crippen LogP contribution in [-0.4, -0.2) is 22.0 Å². The number of carbonyl (C=O) groups is 2. The van der Waals surface area contributed by atoms with Crippen molar-refractivity contribution in [3.8, 4) is 17.2 Å². The van der Waals surface area contributed by atoms with E-state index in [0.717, 1.165) is 0 Å². The van der Waals surface area contributed by atoms with Gasteiger partial charge in [0.1, 0.15) is 0 Å². The van der Waals surface area contributed by atoms with Gasteiger partial charge < -0.3 is 14.6 Å². The summed E-state index contributed by atoms with van der Waals surface area (Å²) in [6.45, 7) is 3.44. The number of aromatic nitrogens is 1. The first kappa shape index (κ1) is 12.3. The lowest BCUT2D eigenvalue weighted by Gasteiger charge is -2.17. The highest BCUT2D eigenvalue weighted by atomic mass is 16.6. The minimum atomic E-state index is -0.573. The van der Waals surface area contributed by atoms with Gasteiger partial charge in [-0.15, -0.1) is 0 Å². The van der Waals surface area contributed by atoms with Crippen molar-refractivity contribution in [3.05, 3.63) is 11.4 Å². The molecule has 1 aliphatic rings. The monoisotopic (exact) mass is 251 g/mol. The fraction of sp³-hybridized carbons (Fsp3) is 0.417. The number of carbonyl (C=O) groups excluding carboxylic acids is 2. The second-order valence-electron chi connectivity index (χ2n) is 3.95. The molecular formula is C12H13NO5. The predicted molar refractivity (Wildman–Crippen MR) is 60.5 cm³/mol. The van der Waals surface area contributed by atoms with Gasteiger partial charge in [0.05, 0.1) is 24.2 Å². The molecule has 1 aromatic heterocycles. The van der Waals surface area contributed by atoms with E-state index in [0.29, 0.717) is 17.8 Å². The van der Waals surface area contributed by atoms with Crippen molar-refractivity contribution in [2.75, 3.05) is 0 Å². The number of hydrogen-bond acceptors (Lipinski definition) is 6. The third-order valence-electron chi connectivity index (χ3n) is 2.63. The van der Waals surface area contributed by atoms with Crippen LogP contribution >= 0.6 is 0 Å². The first-order valence-electron chi connectivity index (χ1n) is 5.66. The third-order valence-corrected chi connectivity index (χ3v) is 2.63. The molecule has 1 N–H and O–H groups in total. The van der Waals surface area contributed by atoms with E-state index in [-0.39, 0.29) is 30.1 Å². The van der Waals surface area contributed by atoms with Gasteiger partial charge in [0.15, 0.2) is 11.5 Å². The van der Waals surface area contributed by atoms with Crippen LogP contribution in [0.2, 0.25) is 0 Å². The number of aromatic hydroxyl groups is 1. The van der Waals surface area contributed by atoms with Crippen LogP contribution < -0.4 is 9.47 Å². The number of nitrogens with zero attached hydrogens (tertiary/aromatic N) is 1. The second kappa shape index (κ2) is 4.64. The number of hydrogen-bond donors (Lipinski definition) is 1. The van der Waals surface area contributed by atoms with Gasteiger partial charge in [-0.3, -0.25) is 14.6 Å². The molecule has 2 rings (SSSR count). The molecule has 0 amide bonds. The quantitative estimate of drug-likeness (QED) is 0.756. The summed E-state index contributed by atoms with van der Waals surface area (Å²) in [4.78, 5) is 27.0. The molecule has 0 aliphatic carbocycles. The average Bonchev–Trinajstić information content (AvgIpc) is 2.33. The van der Waals surface area contributed by atoms with E-state index in [4.69, 9.17) is 9.47 Å². The largest absolute Gasteiger partial charge is 0.503 e. The molecule has 1 aromatic rings. The van der Waals surface area contributed by atoms with Crippen LogP contribution in [0.1, 0.15) is 31.2 Å². The fourth-order valence-electron chi connectivity index (χ4n) is 1.70. The molecule has 2 heterocycles. The van der Waals surface area contributed by atoms with E-state index in [9.17, 15) is 14.7 Å². The maximum absolute atomic E-state index is 11.4. The van der Waals surface area contributed by atoms with Crippen molar-refractivity contribution in [2.45, 2.75) is 33.1 Å². The maximum Gasteiger partial charge on any atom is 0.312 e. The summed E-state index contributed by atoms with van der Waals surface area (Å²) in [7, 11) is 0. The lowest BCUT2D eigenvalue weighted by molar-refractivity contribution is -0.142. The fourth-order valence-corrected chi connectivity index (χ4v) is 1.70. The minimum absolute atomic E-state index is 0.0164. The smallest absolute Gasteiger partial charge is 0.312 e. The number of ether oxygens (including phenoxy) is 2. The molecule has 0 unspecified atom stereocenters. The summed E-state index contributed by atoms with van der Waals surface area (Å²) < 4.78 is 10.1. The predicted octanol–water partition coefficient (Wildman–Crippen LogP) is 1.26. The van der Waals surface area contributed by atoms with Crippen LogP contribution in [0.4, 0.5) is 0 Å². The summed E-state index contributed by atoms with van der Waals surface area (Å²) in [6.07, 6.45) is 0.361. The molecule has 96 valence electrons. The summed E-state index contributed by atoms with van der Waals surface area (Å²) >= 11 is 0. The number of fused-ring (bicyclic) bond motifs is 1. The van der Waals surface area contributed by atoms with Gasteiger partial charge in [-0.25, -0.2) is 0 Å². The molecule has 0 aromatic carbocycles. The Hall–Kier alpha value is -2.11. The zero-order chi connectivity index (χ0) is 13.3. The van der Waals surface area contributed by atoms with Gasteiger partial charge in [-0.1, -0.05) is 6.92 Å². The highest BCUT2D eigenvalue weighted by molar-refractivity contribution is 5.84. The molecule has 0 radical (unpaired) electrons. The summed E-state index contributed by atoms with van der Waals surface area (Å²) in [5, 5.41) is 9.95. The van der Waals surface area contributed by atoms with E-state index in [1.54, 1.807) is 6.92 Å². The zero-order valence-electron chi connectivity index (χ0n) is 10.1. The highest BCUT2D eigenvalue weighted by Gasteiger charge is 2.26. The molecule has 0 fully saturated rings. The molecule has 1 aliphatic heterocycles. The minimum Gasteiger partial charge on any atom is -0.503 e. The van der Waals surface area contributed by atoms with Crippen LogP contribution in [-0.2, 0) is 16.0 Å². The topological polar surface area (TPSA) is 85.7 Å². The highest BCUT2D eigenvalue weighted by Crippen LogP contribution is 2.41. The normalized spacial score (nSPS) is 15.2. The van der Waals surface area contributed by atoms with Gasteiger partial charge in [-0.05, 0) is 13.3 Å². The Kier molecular flexibility index (Phi) is 3.18. The third kappa shape index (κ3) is 2.13. The molecular weight excluding hydrogens is 238 g/mol. The number of rotatable bonds is 1. The van der Waals surface area contributed by atoms with Gasteiger partial charge in [0.25, 0.3) is 0 Å². The van der Waals surface area contributed by atoms with Crippen molar-refractivity contribution < 1.29 is 24.2 Å². The van der Waals surface area contributed by atoms with E-state index in [1.165, 1.54) is 0 Å².